The third-order valence-electron chi connectivity index (χ3n) is 8.65. The Kier molecular flexibility index (Phi) is 9.37. The number of hydrogen-bond acceptors (Lipinski definition) is 6. The number of aliphatic hydroxyl groups is 1. The van der Waals surface area contributed by atoms with Gasteiger partial charge in [-0.15, -0.1) is 11.3 Å². The minimum absolute atomic E-state index is 0.0581. The van der Waals surface area contributed by atoms with Crippen LogP contribution in [0, 0.1) is 11.8 Å². The summed E-state index contributed by atoms with van der Waals surface area (Å²) in [6.07, 6.45) is 10.3. The minimum Gasteiger partial charge on any atom is -0.477 e. The van der Waals surface area contributed by atoms with Gasteiger partial charge in [-0.05, 0) is 87.3 Å². The third-order valence-corrected chi connectivity index (χ3v) is 9.84. The van der Waals surface area contributed by atoms with Crippen LogP contribution in [0.1, 0.15) is 97.7 Å². The molecule has 3 aliphatic carbocycles. The molecule has 1 heterocycles. The summed E-state index contributed by atoms with van der Waals surface area (Å²) in [5.41, 5.74) is 3.67. The maximum absolute atomic E-state index is 14.0. The van der Waals surface area contributed by atoms with Crippen molar-refractivity contribution in [1.82, 2.24) is 0 Å². The number of amides is 1. The molecule has 7 nitrogen and oxygen atoms in total. The van der Waals surface area contributed by atoms with E-state index in [0.717, 1.165) is 60.3 Å². The van der Waals surface area contributed by atoms with E-state index in [1.165, 1.54) is 11.3 Å². The van der Waals surface area contributed by atoms with E-state index in [1.807, 2.05) is 41.3 Å². The summed E-state index contributed by atoms with van der Waals surface area (Å²) in [7, 11) is 0. The predicted molar refractivity (Wildman–Crippen MR) is 159 cm³/mol. The molecule has 5 rings (SSSR count). The number of aromatic carboxylic acids is 1. The standard InChI is InChI=1S/C32H40N2O5S/c1-21-7-9-24(10-8-21)31(36)34(26-15-17-27(35)18-16-26)28-19-29(40-30(28)32(37)38)23-11-13-25(14-12-23)33-39-20-22-5-3-2-4-6-22/h2-6,11,19,21,24,26-27,35H,7-10,12-18,20H2,1H3,(H,37,38)/t21-,24-,26-,27-. The molecule has 0 aliphatic heterocycles. The number of benzene rings is 1. The Balaban J connectivity index is 1.36. The normalized spacial score (nSPS) is 26.2. The lowest BCUT2D eigenvalue weighted by molar-refractivity contribution is -0.124. The number of hydrogen-bond donors (Lipinski definition) is 2. The van der Waals surface area contributed by atoms with Crippen molar-refractivity contribution < 1.29 is 24.6 Å². The van der Waals surface area contributed by atoms with Crippen molar-refractivity contribution in [3.8, 4) is 0 Å². The van der Waals surface area contributed by atoms with E-state index in [4.69, 9.17) is 4.84 Å². The SMILES string of the molecule is C[C@H]1CC[C@H](C(=O)N(c2cc(C3=CCC(=NOCc4ccccc4)CC3)sc2C(=O)O)[C@H]2CC[C@H](O)CC2)CC1. The molecule has 2 fully saturated rings. The zero-order chi connectivity index (χ0) is 28.1. The van der Waals surface area contributed by atoms with Crippen LogP contribution in [0.15, 0.2) is 47.6 Å². The highest BCUT2D eigenvalue weighted by Gasteiger charge is 2.37. The molecule has 1 amide bonds. The van der Waals surface area contributed by atoms with Gasteiger partial charge in [-0.2, -0.15) is 0 Å². The average molecular weight is 565 g/mol. The zero-order valence-electron chi connectivity index (χ0n) is 23.3. The number of anilines is 1. The van der Waals surface area contributed by atoms with E-state index >= 15 is 0 Å². The second-order valence-corrected chi connectivity index (χ2v) is 12.7. The first-order valence-corrected chi connectivity index (χ1v) is 15.5. The van der Waals surface area contributed by atoms with Crippen molar-refractivity contribution in [3.63, 3.8) is 0 Å². The fourth-order valence-corrected chi connectivity index (χ4v) is 7.25. The van der Waals surface area contributed by atoms with Gasteiger partial charge in [0.2, 0.25) is 5.91 Å². The fourth-order valence-electron chi connectivity index (χ4n) is 6.19. The number of thiophene rings is 1. The van der Waals surface area contributed by atoms with Gasteiger partial charge in [0.05, 0.1) is 17.5 Å². The highest BCUT2D eigenvalue weighted by Crippen LogP contribution is 2.42. The predicted octanol–water partition coefficient (Wildman–Crippen LogP) is 7.05. The first-order valence-electron chi connectivity index (χ1n) is 14.7. The van der Waals surface area contributed by atoms with Crippen LogP contribution >= 0.6 is 11.3 Å². The quantitative estimate of drug-likeness (QED) is 0.335. The molecule has 214 valence electrons. The van der Waals surface area contributed by atoms with Crippen molar-refractivity contribution in [1.29, 1.82) is 0 Å². The Labute approximate surface area is 240 Å². The van der Waals surface area contributed by atoms with Gasteiger partial charge in [0.25, 0.3) is 0 Å². The van der Waals surface area contributed by atoms with Crippen LogP contribution in [0.4, 0.5) is 5.69 Å². The smallest absolute Gasteiger partial charge is 0.348 e. The van der Waals surface area contributed by atoms with Gasteiger partial charge < -0.3 is 20.0 Å². The Morgan fingerprint density at radius 2 is 1.75 bits per heavy atom. The van der Waals surface area contributed by atoms with E-state index < -0.39 is 5.97 Å². The average Bonchev–Trinajstić information content (AvgIpc) is 3.41. The van der Waals surface area contributed by atoms with Crippen LogP contribution in [-0.4, -0.2) is 39.9 Å². The van der Waals surface area contributed by atoms with Gasteiger partial charge in [-0.25, -0.2) is 4.79 Å². The summed E-state index contributed by atoms with van der Waals surface area (Å²) in [5, 5.41) is 24.7. The van der Waals surface area contributed by atoms with Gasteiger partial charge in [-0.3, -0.25) is 4.79 Å². The Morgan fingerprint density at radius 3 is 2.40 bits per heavy atom. The maximum atomic E-state index is 14.0. The number of carbonyl (C=O) groups excluding carboxylic acids is 1. The molecule has 1 aromatic heterocycles. The van der Waals surface area contributed by atoms with E-state index in [-0.39, 0.29) is 28.8 Å². The molecule has 1 aromatic carbocycles. The summed E-state index contributed by atoms with van der Waals surface area (Å²) in [4.78, 5) is 35.0. The molecule has 0 bridgehead atoms. The number of rotatable bonds is 8. The number of carbonyl (C=O) groups is 2. The first-order chi connectivity index (χ1) is 19.4. The van der Waals surface area contributed by atoms with Crippen LogP contribution in [0.5, 0.6) is 0 Å². The molecule has 2 N–H and O–H groups in total. The fraction of sp³-hybridized carbons (Fsp3) is 0.531. The lowest BCUT2D eigenvalue weighted by atomic mass is 9.81. The molecule has 0 atom stereocenters. The van der Waals surface area contributed by atoms with Gasteiger partial charge >= 0.3 is 5.97 Å². The van der Waals surface area contributed by atoms with E-state index in [1.54, 1.807) is 0 Å². The van der Waals surface area contributed by atoms with Gasteiger partial charge in [0.15, 0.2) is 0 Å². The summed E-state index contributed by atoms with van der Waals surface area (Å²) >= 11 is 1.27. The largest absolute Gasteiger partial charge is 0.477 e. The van der Waals surface area contributed by atoms with Crippen molar-refractivity contribution in [2.75, 3.05) is 4.90 Å². The second-order valence-electron chi connectivity index (χ2n) is 11.6. The lowest BCUT2D eigenvalue weighted by Gasteiger charge is -2.38. The molecule has 2 aromatic rings. The van der Waals surface area contributed by atoms with E-state index in [0.29, 0.717) is 50.3 Å². The zero-order valence-corrected chi connectivity index (χ0v) is 24.1. The van der Waals surface area contributed by atoms with Gasteiger partial charge in [-0.1, -0.05) is 48.5 Å². The molecule has 0 unspecified atom stereocenters. The lowest BCUT2D eigenvalue weighted by Crippen LogP contribution is -2.47. The number of allylic oxidation sites excluding steroid dienone is 2. The summed E-state index contributed by atoms with van der Waals surface area (Å²) in [6.45, 7) is 2.66. The number of carboxylic acids is 1. The second kappa shape index (κ2) is 13.1. The number of carboxylic acid groups (broad SMARTS) is 1. The molecule has 0 saturated heterocycles. The van der Waals surface area contributed by atoms with Crippen molar-refractivity contribution in [2.45, 2.75) is 96.3 Å². The van der Waals surface area contributed by atoms with E-state index in [9.17, 15) is 19.8 Å². The van der Waals surface area contributed by atoms with Crippen LogP contribution in [0.2, 0.25) is 0 Å². The molecular formula is C32H40N2O5S. The number of nitrogens with zero attached hydrogens (tertiary/aromatic N) is 2. The highest BCUT2D eigenvalue weighted by atomic mass is 32.1. The van der Waals surface area contributed by atoms with Crippen molar-refractivity contribution in [2.24, 2.45) is 17.0 Å². The Morgan fingerprint density at radius 1 is 1.02 bits per heavy atom. The monoisotopic (exact) mass is 564 g/mol. The van der Waals surface area contributed by atoms with Crippen LogP contribution in [0.3, 0.4) is 0 Å². The third kappa shape index (κ3) is 6.84. The summed E-state index contributed by atoms with van der Waals surface area (Å²) in [6, 6.07) is 11.8. The highest BCUT2D eigenvalue weighted by molar-refractivity contribution is 7.15. The first kappa shape index (κ1) is 28.6. The molecular weight excluding hydrogens is 524 g/mol. The molecule has 2 saturated carbocycles. The van der Waals surface area contributed by atoms with E-state index in [2.05, 4.69) is 18.2 Å². The van der Waals surface area contributed by atoms with Crippen molar-refractivity contribution >= 4 is 40.2 Å². The Bertz CT molecular complexity index is 1240. The molecule has 3 aliphatic rings. The van der Waals surface area contributed by atoms with Crippen molar-refractivity contribution in [3.05, 3.63) is 57.8 Å². The molecule has 0 spiro atoms. The summed E-state index contributed by atoms with van der Waals surface area (Å²) in [5.74, 6) is -0.385. The van der Waals surface area contributed by atoms with Gasteiger partial charge in [0, 0.05) is 23.3 Å². The molecule has 40 heavy (non-hydrogen) atoms. The van der Waals surface area contributed by atoms with Crippen LogP contribution < -0.4 is 4.90 Å². The maximum Gasteiger partial charge on any atom is 0.348 e. The molecule has 0 radical (unpaired) electrons. The number of oxime groups is 1. The topological polar surface area (TPSA) is 99.4 Å². The van der Waals surface area contributed by atoms with Crippen LogP contribution in [0.25, 0.3) is 5.57 Å². The molecule has 8 heteroatoms. The van der Waals surface area contributed by atoms with Gasteiger partial charge in [0.1, 0.15) is 11.5 Å². The number of aliphatic hydroxyl groups excluding tert-OH is 1. The minimum atomic E-state index is -0.995. The summed E-state index contributed by atoms with van der Waals surface area (Å²) < 4.78 is 0. The van der Waals surface area contributed by atoms with Crippen LogP contribution in [-0.2, 0) is 16.2 Å². The Hall–Kier alpha value is -2.97.